The van der Waals surface area contributed by atoms with Gasteiger partial charge in [0.25, 0.3) is 11.5 Å². The summed E-state index contributed by atoms with van der Waals surface area (Å²) in [6, 6.07) is 11.4. The van der Waals surface area contributed by atoms with E-state index in [1.54, 1.807) is 56.7 Å². The number of amides is 1. The number of hydrogen-bond acceptors (Lipinski definition) is 7. The van der Waals surface area contributed by atoms with Gasteiger partial charge < -0.3 is 14.8 Å². The first-order valence-corrected chi connectivity index (χ1v) is 11.5. The van der Waals surface area contributed by atoms with Gasteiger partial charge in [-0.2, -0.15) is 0 Å². The minimum absolute atomic E-state index is 0.0871. The largest absolute Gasteiger partial charge is 0.383 e. The highest BCUT2D eigenvalue weighted by Gasteiger charge is 2.16. The van der Waals surface area contributed by atoms with Gasteiger partial charge in [0.1, 0.15) is 0 Å². The summed E-state index contributed by atoms with van der Waals surface area (Å²) in [4.78, 5) is 42.7. The number of nitrogens with one attached hydrogen (secondary N) is 1. The monoisotopic (exact) mass is 489 g/mol. The van der Waals surface area contributed by atoms with E-state index in [4.69, 9.17) is 21.1 Å². The molecule has 10 heteroatoms. The maximum Gasteiger partial charge on any atom is 0.262 e. The van der Waals surface area contributed by atoms with Crippen molar-refractivity contribution in [3.05, 3.63) is 69.0 Å². The van der Waals surface area contributed by atoms with Crippen LogP contribution in [-0.4, -0.2) is 61.0 Å². The molecule has 0 aliphatic heterocycles. The number of carbonyl (C=O) groups is 2. The fraction of sp³-hybridized carbons (Fsp3) is 0.304. The molecule has 0 bridgehead atoms. The highest BCUT2D eigenvalue weighted by molar-refractivity contribution is 7.99. The van der Waals surface area contributed by atoms with Crippen LogP contribution in [0.2, 0.25) is 5.02 Å². The predicted molar refractivity (Wildman–Crippen MR) is 129 cm³/mol. The number of carbonyl (C=O) groups excluding carboxylic acids is 2. The lowest BCUT2D eigenvalue weighted by Gasteiger charge is -2.13. The van der Waals surface area contributed by atoms with Crippen LogP contribution < -0.4 is 10.9 Å². The third-order valence-electron chi connectivity index (χ3n) is 4.79. The molecule has 0 fully saturated rings. The second kappa shape index (κ2) is 11.9. The van der Waals surface area contributed by atoms with Crippen molar-refractivity contribution >= 4 is 46.0 Å². The number of rotatable bonds is 11. The van der Waals surface area contributed by atoms with Crippen LogP contribution in [0.15, 0.2) is 52.4 Å². The standard InChI is InChI=1S/C23H24ClN3O5S/c1-31-11-9-25-21(29)16-5-8-18-19(13-16)26-23(27(22(18)30)10-12-32-2)33-14-20(28)15-3-6-17(24)7-4-15/h3-8,13H,9-12,14H2,1-2H3,(H,25,29). The van der Waals surface area contributed by atoms with Gasteiger partial charge in [-0.05, 0) is 42.5 Å². The van der Waals surface area contributed by atoms with Crippen LogP contribution in [0, 0.1) is 0 Å². The zero-order valence-corrected chi connectivity index (χ0v) is 19.9. The Balaban J connectivity index is 1.91. The highest BCUT2D eigenvalue weighted by atomic mass is 35.5. The van der Waals surface area contributed by atoms with Crippen molar-refractivity contribution in [2.24, 2.45) is 0 Å². The van der Waals surface area contributed by atoms with Gasteiger partial charge in [-0.15, -0.1) is 0 Å². The second-order valence-electron chi connectivity index (χ2n) is 7.04. The van der Waals surface area contributed by atoms with E-state index in [1.165, 1.54) is 4.57 Å². The fourth-order valence-electron chi connectivity index (χ4n) is 3.05. The summed E-state index contributed by atoms with van der Waals surface area (Å²) in [6.07, 6.45) is 0. The smallest absolute Gasteiger partial charge is 0.262 e. The van der Waals surface area contributed by atoms with Crippen LogP contribution >= 0.6 is 23.4 Å². The molecule has 1 aromatic heterocycles. The van der Waals surface area contributed by atoms with Crippen LogP contribution in [0.3, 0.4) is 0 Å². The Hall–Kier alpha value is -2.72. The molecule has 1 N–H and O–H groups in total. The summed E-state index contributed by atoms with van der Waals surface area (Å²) in [5.74, 6) is -0.314. The quantitative estimate of drug-likeness (QED) is 0.191. The maximum atomic E-state index is 13.1. The average molecular weight is 490 g/mol. The van der Waals surface area contributed by atoms with Gasteiger partial charge in [-0.25, -0.2) is 4.98 Å². The topological polar surface area (TPSA) is 99.5 Å². The van der Waals surface area contributed by atoms with Crippen molar-refractivity contribution in [1.29, 1.82) is 0 Å². The van der Waals surface area contributed by atoms with E-state index in [0.717, 1.165) is 11.8 Å². The van der Waals surface area contributed by atoms with Crippen LogP contribution in [0.4, 0.5) is 0 Å². The van der Waals surface area contributed by atoms with E-state index in [9.17, 15) is 14.4 Å². The van der Waals surface area contributed by atoms with E-state index in [1.807, 2.05) is 0 Å². The molecule has 0 saturated carbocycles. The number of ketones is 1. The molecule has 1 amide bonds. The van der Waals surface area contributed by atoms with Crippen molar-refractivity contribution in [3.8, 4) is 0 Å². The van der Waals surface area contributed by atoms with Crippen molar-refractivity contribution in [2.45, 2.75) is 11.7 Å². The Morgan fingerprint density at radius 3 is 2.45 bits per heavy atom. The first-order valence-electron chi connectivity index (χ1n) is 10.2. The molecule has 0 aliphatic carbocycles. The molecule has 3 rings (SSSR count). The SMILES string of the molecule is COCCNC(=O)c1ccc2c(=O)n(CCOC)c(SCC(=O)c3ccc(Cl)cc3)nc2c1. The third kappa shape index (κ3) is 6.42. The molecule has 0 spiro atoms. The highest BCUT2D eigenvalue weighted by Crippen LogP contribution is 2.21. The van der Waals surface area contributed by atoms with Gasteiger partial charge in [0.05, 0.1) is 36.4 Å². The Morgan fingerprint density at radius 2 is 1.76 bits per heavy atom. The van der Waals surface area contributed by atoms with E-state index >= 15 is 0 Å². The molecule has 0 aliphatic rings. The van der Waals surface area contributed by atoms with Crippen molar-refractivity contribution < 1.29 is 19.1 Å². The van der Waals surface area contributed by atoms with Crippen molar-refractivity contribution in [2.75, 3.05) is 39.7 Å². The van der Waals surface area contributed by atoms with Gasteiger partial charge in [-0.1, -0.05) is 23.4 Å². The average Bonchev–Trinajstić information content (AvgIpc) is 2.82. The van der Waals surface area contributed by atoms with Gasteiger partial charge in [-0.3, -0.25) is 19.0 Å². The number of nitrogens with zero attached hydrogens (tertiary/aromatic N) is 2. The lowest BCUT2D eigenvalue weighted by molar-refractivity contribution is 0.0936. The Labute approximate surface area is 200 Å². The first-order chi connectivity index (χ1) is 15.9. The van der Waals surface area contributed by atoms with E-state index in [0.29, 0.717) is 52.0 Å². The number of ether oxygens (including phenoxy) is 2. The summed E-state index contributed by atoms with van der Waals surface area (Å²) in [5, 5.41) is 4.05. The molecular formula is C23H24ClN3O5S. The minimum Gasteiger partial charge on any atom is -0.383 e. The minimum atomic E-state index is -0.286. The van der Waals surface area contributed by atoms with Crippen molar-refractivity contribution in [3.63, 3.8) is 0 Å². The van der Waals surface area contributed by atoms with Crippen molar-refractivity contribution in [1.82, 2.24) is 14.9 Å². The Morgan fingerprint density at radius 1 is 1.06 bits per heavy atom. The normalized spacial score (nSPS) is 11.0. The molecule has 0 saturated heterocycles. The molecule has 174 valence electrons. The molecule has 2 aromatic carbocycles. The number of fused-ring (bicyclic) bond motifs is 1. The van der Waals surface area contributed by atoms with E-state index < -0.39 is 0 Å². The van der Waals surface area contributed by atoms with E-state index in [2.05, 4.69) is 10.3 Å². The third-order valence-corrected chi connectivity index (χ3v) is 6.02. The van der Waals surface area contributed by atoms with E-state index in [-0.39, 0.29) is 29.5 Å². The number of thioether (sulfide) groups is 1. The lowest BCUT2D eigenvalue weighted by atomic mass is 10.1. The predicted octanol–water partition coefficient (Wildman–Crippen LogP) is 3.05. The molecule has 0 atom stereocenters. The number of Topliss-reactive ketones (excluding diaryl/α,β-unsaturated/α-hetero) is 1. The number of benzene rings is 2. The molecule has 0 radical (unpaired) electrons. The Bertz CT molecular complexity index is 1200. The fourth-order valence-corrected chi connectivity index (χ4v) is 4.10. The zero-order valence-electron chi connectivity index (χ0n) is 18.3. The number of hydrogen-bond donors (Lipinski definition) is 1. The van der Waals surface area contributed by atoms with Gasteiger partial charge in [0.15, 0.2) is 10.9 Å². The lowest BCUT2D eigenvalue weighted by Crippen LogP contribution is -2.28. The molecular weight excluding hydrogens is 466 g/mol. The van der Waals surface area contributed by atoms with Crippen LogP contribution in [0.5, 0.6) is 0 Å². The van der Waals surface area contributed by atoms with Gasteiger partial charge in [0.2, 0.25) is 0 Å². The molecule has 1 heterocycles. The van der Waals surface area contributed by atoms with Crippen LogP contribution in [0.25, 0.3) is 10.9 Å². The maximum absolute atomic E-state index is 13.1. The Kier molecular flexibility index (Phi) is 9.02. The van der Waals surface area contributed by atoms with Gasteiger partial charge >= 0.3 is 0 Å². The molecule has 0 unspecified atom stereocenters. The van der Waals surface area contributed by atoms with Crippen LogP contribution in [0.1, 0.15) is 20.7 Å². The summed E-state index contributed by atoms with van der Waals surface area (Å²) in [6.45, 7) is 1.36. The summed E-state index contributed by atoms with van der Waals surface area (Å²) in [5.41, 5.74) is 1.03. The summed E-state index contributed by atoms with van der Waals surface area (Å²) in [7, 11) is 3.10. The summed E-state index contributed by atoms with van der Waals surface area (Å²) >= 11 is 7.05. The number of methoxy groups -OCH3 is 2. The number of halogens is 1. The molecule has 33 heavy (non-hydrogen) atoms. The van der Waals surface area contributed by atoms with Crippen LogP contribution in [-0.2, 0) is 16.0 Å². The molecule has 3 aromatic rings. The first kappa shape index (κ1) is 24.9. The number of aromatic nitrogens is 2. The molecule has 8 nitrogen and oxygen atoms in total. The van der Waals surface area contributed by atoms with Gasteiger partial charge in [0, 0.05) is 36.9 Å². The second-order valence-corrected chi connectivity index (χ2v) is 8.42. The zero-order chi connectivity index (χ0) is 23.8. The summed E-state index contributed by atoms with van der Waals surface area (Å²) < 4.78 is 11.6.